The lowest BCUT2D eigenvalue weighted by Gasteiger charge is -2.21. The molecule has 0 heterocycles. The Morgan fingerprint density at radius 3 is 0.636 bits per heavy atom. The number of phosphoric ester groups is 2. The highest BCUT2D eigenvalue weighted by molar-refractivity contribution is 7.47. The maximum absolute atomic E-state index is 13.2. The zero-order valence-electron chi connectivity index (χ0n) is 70.6. The summed E-state index contributed by atoms with van der Waals surface area (Å²) in [6.45, 7) is 12.0. The van der Waals surface area contributed by atoms with E-state index in [4.69, 9.17) is 37.0 Å². The van der Waals surface area contributed by atoms with Crippen molar-refractivity contribution in [2.24, 2.45) is 17.8 Å². The summed E-state index contributed by atoms with van der Waals surface area (Å²) >= 11 is 0. The van der Waals surface area contributed by atoms with E-state index in [9.17, 15) is 43.2 Å². The minimum absolute atomic E-state index is 0.107. The van der Waals surface area contributed by atoms with E-state index in [1.54, 1.807) is 0 Å². The lowest BCUT2D eigenvalue weighted by molar-refractivity contribution is -0.161. The number of unbranched alkanes of at least 4 members (excludes halogenated alkanes) is 54. The fraction of sp³-hybridized carbons (Fsp3) is 0.955. The molecule has 0 aliphatic rings. The topological polar surface area (TPSA) is 237 Å². The van der Waals surface area contributed by atoms with Crippen LogP contribution in [-0.2, 0) is 65.4 Å². The quantitative estimate of drug-likeness (QED) is 0.0222. The number of esters is 4. The fourth-order valence-electron chi connectivity index (χ4n) is 13.7. The minimum Gasteiger partial charge on any atom is -0.462 e. The van der Waals surface area contributed by atoms with Gasteiger partial charge in [-0.05, 0) is 43.4 Å². The van der Waals surface area contributed by atoms with Crippen LogP contribution in [-0.4, -0.2) is 96.7 Å². The van der Waals surface area contributed by atoms with Gasteiger partial charge in [0.25, 0.3) is 0 Å². The van der Waals surface area contributed by atoms with E-state index < -0.39 is 97.5 Å². The summed E-state index contributed by atoms with van der Waals surface area (Å²) in [6, 6.07) is 0. The first-order valence-corrected chi connectivity index (χ1v) is 48.3. The van der Waals surface area contributed by atoms with Crippen LogP contribution in [0.15, 0.2) is 0 Å². The van der Waals surface area contributed by atoms with E-state index in [-0.39, 0.29) is 25.7 Å². The highest BCUT2D eigenvalue weighted by atomic mass is 31.2. The molecule has 0 bridgehead atoms. The second-order valence-corrected chi connectivity index (χ2v) is 36.0. The Hall–Kier alpha value is -1.94. The van der Waals surface area contributed by atoms with Crippen LogP contribution >= 0.6 is 15.6 Å². The zero-order valence-corrected chi connectivity index (χ0v) is 72.4. The van der Waals surface area contributed by atoms with E-state index in [1.807, 2.05) is 0 Å². The van der Waals surface area contributed by atoms with Crippen molar-refractivity contribution in [3.63, 3.8) is 0 Å². The molecule has 3 N–H and O–H groups in total. The molecule has 0 saturated carbocycles. The van der Waals surface area contributed by atoms with Crippen molar-refractivity contribution >= 4 is 39.5 Å². The van der Waals surface area contributed by atoms with Crippen molar-refractivity contribution in [2.45, 2.75) is 484 Å². The third kappa shape index (κ3) is 81.9. The minimum atomic E-state index is -4.97. The van der Waals surface area contributed by atoms with Crippen molar-refractivity contribution in [1.82, 2.24) is 0 Å². The van der Waals surface area contributed by atoms with Gasteiger partial charge in [0.1, 0.15) is 19.3 Å². The van der Waals surface area contributed by atoms with Gasteiger partial charge >= 0.3 is 39.5 Å². The first-order chi connectivity index (χ1) is 51.7. The molecule has 0 rings (SSSR count). The number of hydrogen-bond acceptors (Lipinski definition) is 15. The lowest BCUT2D eigenvalue weighted by atomic mass is 10.0. The Morgan fingerprint density at radius 1 is 0.252 bits per heavy atom. The van der Waals surface area contributed by atoms with Gasteiger partial charge in [-0.1, -0.05) is 414 Å². The first kappa shape index (κ1) is 105. The van der Waals surface area contributed by atoms with E-state index in [0.717, 1.165) is 108 Å². The molecule has 0 aliphatic carbocycles. The molecule has 636 valence electrons. The summed E-state index contributed by atoms with van der Waals surface area (Å²) in [7, 11) is -9.93. The average molecular weight is 1560 g/mol. The average Bonchev–Trinajstić information content (AvgIpc) is 0.905. The Morgan fingerprint density at radius 2 is 0.430 bits per heavy atom. The molecule has 0 amide bonds. The lowest BCUT2D eigenvalue weighted by Crippen LogP contribution is -2.30. The zero-order chi connectivity index (χ0) is 78.6. The molecule has 0 aromatic carbocycles. The van der Waals surface area contributed by atoms with Gasteiger partial charge in [-0.3, -0.25) is 37.3 Å². The summed E-state index contributed by atoms with van der Waals surface area (Å²) in [5.74, 6) is 0.230. The maximum atomic E-state index is 13.2. The third-order valence-corrected chi connectivity index (χ3v) is 22.5. The molecule has 17 nitrogen and oxygen atoms in total. The van der Waals surface area contributed by atoms with Gasteiger partial charge in [0.05, 0.1) is 26.4 Å². The number of aliphatic hydroxyl groups excluding tert-OH is 1. The van der Waals surface area contributed by atoms with Gasteiger partial charge in [0, 0.05) is 25.7 Å². The van der Waals surface area contributed by atoms with Crippen LogP contribution in [0.25, 0.3) is 0 Å². The van der Waals surface area contributed by atoms with Crippen LogP contribution in [0.2, 0.25) is 0 Å². The predicted octanol–water partition coefficient (Wildman–Crippen LogP) is 26.9. The Kier molecular flexibility index (Phi) is 76.6. The highest BCUT2D eigenvalue weighted by Crippen LogP contribution is 2.45. The van der Waals surface area contributed by atoms with E-state index in [1.165, 1.54) is 276 Å². The third-order valence-electron chi connectivity index (χ3n) is 20.6. The molecule has 107 heavy (non-hydrogen) atoms. The summed E-state index contributed by atoms with van der Waals surface area (Å²) in [5.41, 5.74) is 0. The molecular weight excluding hydrogens is 1390 g/mol. The standard InChI is InChI=1S/C88H172O17P2/c1-8-9-10-11-12-13-14-15-16-17-18-22-25-30-35-40-48-55-62-69-85(90)98-75-83(104-87(92)71-64-57-50-41-36-31-26-23-20-19-21-24-28-33-38-45-52-59-66-79(2)3)77-102-106(94,95)100-73-82(89)74-101-107(96,97)103-78-84(76-99-86(91)70-63-56-49-44-43-47-54-61-68-81(6)7)105-88(93)72-65-58-51-42-37-32-27-29-34-39-46-53-60-67-80(4)5/h79-84,89H,8-78H2,1-7H3,(H,94,95)(H,96,97)/t82-,83-,84-/m1/s1. The van der Waals surface area contributed by atoms with Crippen molar-refractivity contribution in [2.75, 3.05) is 39.6 Å². The van der Waals surface area contributed by atoms with Crippen LogP contribution in [0, 0.1) is 17.8 Å². The SMILES string of the molecule is CCCCCCCCCCCCCCCCCCCCCC(=O)OC[C@H](COP(=O)(O)OC[C@@H](O)COP(=O)(O)OC[C@@H](COC(=O)CCCCCCCCCCC(C)C)OC(=O)CCCCCCCCCCCCCCCC(C)C)OC(=O)CCCCCCCCCCCCCCCCCCCCC(C)C. The second kappa shape index (κ2) is 78.0. The Bertz CT molecular complexity index is 2060. The van der Waals surface area contributed by atoms with Crippen LogP contribution in [0.5, 0.6) is 0 Å². The van der Waals surface area contributed by atoms with E-state index in [0.29, 0.717) is 25.7 Å². The van der Waals surface area contributed by atoms with Crippen molar-refractivity contribution in [3.05, 3.63) is 0 Å². The summed E-state index contributed by atoms with van der Waals surface area (Å²) in [4.78, 5) is 73.3. The van der Waals surface area contributed by atoms with Gasteiger partial charge in [-0.15, -0.1) is 0 Å². The molecule has 2 unspecified atom stereocenters. The van der Waals surface area contributed by atoms with Gasteiger partial charge < -0.3 is 33.8 Å². The van der Waals surface area contributed by atoms with Crippen LogP contribution < -0.4 is 0 Å². The number of carbonyl (C=O) groups excluding carboxylic acids is 4. The number of phosphoric acid groups is 2. The first-order valence-electron chi connectivity index (χ1n) is 45.3. The Balaban J connectivity index is 5.24. The van der Waals surface area contributed by atoms with E-state index in [2.05, 4.69) is 48.5 Å². The number of carbonyl (C=O) groups is 4. The number of hydrogen-bond donors (Lipinski definition) is 3. The summed E-state index contributed by atoms with van der Waals surface area (Å²) in [6.07, 6.45) is 69.5. The van der Waals surface area contributed by atoms with Gasteiger partial charge in [0.15, 0.2) is 12.2 Å². The van der Waals surface area contributed by atoms with Crippen LogP contribution in [0.1, 0.15) is 466 Å². The van der Waals surface area contributed by atoms with Gasteiger partial charge in [-0.25, -0.2) is 9.13 Å². The molecular formula is C88H172O17P2. The van der Waals surface area contributed by atoms with Gasteiger partial charge in [-0.2, -0.15) is 0 Å². The molecule has 0 aromatic rings. The summed E-state index contributed by atoms with van der Waals surface area (Å²) < 4.78 is 69.0. The van der Waals surface area contributed by atoms with Crippen LogP contribution in [0.3, 0.4) is 0 Å². The number of rotatable bonds is 86. The highest BCUT2D eigenvalue weighted by Gasteiger charge is 2.31. The molecule has 5 atom stereocenters. The Labute approximate surface area is 658 Å². The molecule has 0 fully saturated rings. The molecule has 19 heteroatoms. The van der Waals surface area contributed by atoms with Crippen molar-refractivity contribution in [3.8, 4) is 0 Å². The molecule has 0 radical (unpaired) electrons. The summed E-state index contributed by atoms with van der Waals surface area (Å²) in [5, 5.41) is 10.7. The number of aliphatic hydroxyl groups is 1. The maximum Gasteiger partial charge on any atom is 0.472 e. The molecule has 0 spiro atoms. The monoisotopic (exact) mass is 1560 g/mol. The predicted molar refractivity (Wildman–Crippen MR) is 441 cm³/mol. The largest absolute Gasteiger partial charge is 0.472 e. The fourth-order valence-corrected chi connectivity index (χ4v) is 15.3. The molecule has 0 saturated heterocycles. The van der Waals surface area contributed by atoms with Crippen molar-refractivity contribution < 1.29 is 80.2 Å². The van der Waals surface area contributed by atoms with Gasteiger partial charge in [0.2, 0.25) is 0 Å². The normalized spacial score (nSPS) is 13.8. The smallest absolute Gasteiger partial charge is 0.462 e. The molecule has 0 aliphatic heterocycles. The van der Waals surface area contributed by atoms with Crippen molar-refractivity contribution in [1.29, 1.82) is 0 Å². The van der Waals surface area contributed by atoms with Crippen LogP contribution in [0.4, 0.5) is 0 Å². The second-order valence-electron chi connectivity index (χ2n) is 33.1. The number of ether oxygens (including phenoxy) is 4. The molecule has 0 aromatic heterocycles. The van der Waals surface area contributed by atoms with E-state index >= 15 is 0 Å².